The van der Waals surface area contributed by atoms with Gasteiger partial charge in [-0.2, -0.15) is 5.26 Å². The average Bonchev–Trinajstić information content (AvgIpc) is 3.27. The van der Waals surface area contributed by atoms with Crippen LogP contribution in [0.4, 0.5) is 0 Å². The van der Waals surface area contributed by atoms with Crippen LogP contribution in [0.25, 0.3) is 0 Å². The van der Waals surface area contributed by atoms with Crippen LogP contribution < -0.4 is 4.74 Å². The molecule has 1 spiro atoms. The summed E-state index contributed by atoms with van der Waals surface area (Å²) in [4.78, 5) is 17.4. The van der Waals surface area contributed by atoms with E-state index in [1.54, 1.807) is 17.0 Å². The molecule has 1 saturated heterocycles. The SMILES string of the molecule is C=CCN1C(C#N)C[C@]23c4c5ccc(O)c4OC2C(N(C)C(=O)CCc2ccc(C)c(C)c2)CC[C@@]3(O)[C@H]1C5. The van der Waals surface area contributed by atoms with Crippen molar-refractivity contribution in [3.8, 4) is 17.6 Å². The smallest absolute Gasteiger partial charge is 0.223 e. The number of carbonyl (C=O) groups excluding carboxylic acids is 1. The minimum Gasteiger partial charge on any atom is -0.504 e. The molecule has 4 aliphatic rings. The minimum absolute atomic E-state index is 0.0253. The number of benzene rings is 2. The van der Waals surface area contributed by atoms with E-state index in [2.05, 4.69) is 49.6 Å². The van der Waals surface area contributed by atoms with Crippen LogP contribution in [0.3, 0.4) is 0 Å². The van der Waals surface area contributed by atoms with Crippen molar-refractivity contribution in [2.24, 2.45) is 0 Å². The number of aliphatic hydroxyl groups is 1. The Hall–Kier alpha value is -3.34. The lowest BCUT2D eigenvalue weighted by molar-refractivity contribution is -0.205. The van der Waals surface area contributed by atoms with Crippen LogP contribution in [0.5, 0.6) is 11.5 Å². The Morgan fingerprint density at radius 3 is 2.82 bits per heavy atom. The van der Waals surface area contributed by atoms with E-state index in [1.165, 1.54) is 11.1 Å². The molecule has 6 atom stereocenters. The van der Waals surface area contributed by atoms with Crippen molar-refractivity contribution in [1.29, 1.82) is 5.26 Å². The second kappa shape index (κ2) is 9.11. The van der Waals surface area contributed by atoms with Crippen molar-refractivity contribution in [3.63, 3.8) is 0 Å². The molecule has 3 unspecified atom stereocenters. The van der Waals surface area contributed by atoms with Gasteiger partial charge in [-0.15, -0.1) is 6.58 Å². The number of aryl methyl sites for hydroxylation is 3. The van der Waals surface area contributed by atoms with Gasteiger partial charge in [0.25, 0.3) is 0 Å². The zero-order chi connectivity index (χ0) is 27.7. The number of likely N-dealkylation sites (tertiary alicyclic amines) is 1. The van der Waals surface area contributed by atoms with Crippen LogP contribution in [-0.2, 0) is 23.1 Å². The first-order chi connectivity index (χ1) is 18.7. The Morgan fingerprint density at radius 1 is 1.31 bits per heavy atom. The number of rotatable bonds is 6. The minimum atomic E-state index is -1.15. The quantitative estimate of drug-likeness (QED) is 0.556. The number of ether oxygens (including phenoxy) is 1. The molecule has 0 aromatic heterocycles. The molecule has 204 valence electrons. The van der Waals surface area contributed by atoms with Gasteiger partial charge in [-0.05, 0) is 74.3 Å². The molecule has 2 aromatic carbocycles. The van der Waals surface area contributed by atoms with Gasteiger partial charge in [0.05, 0.1) is 29.2 Å². The predicted octanol–water partition coefficient (Wildman–Crippen LogP) is 3.70. The molecule has 2 bridgehead atoms. The summed E-state index contributed by atoms with van der Waals surface area (Å²) in [6.07, 6.45) is 4.26. The van der Waals surface area contributed by atoms with Crippen molar-refractivity contribution >= 4 is 5.91 Å². The van der Waals surface area contributed by atoms with Crippen molar-refractivity contribution in [2.45, 2.75) is 87.6 Å². The number of hydrogen-bond donors (Lipinski definition) is 2. The number of phenols is 1. The fourth-order valence-corrected chi connectivity index (χ4v) is 8.13. The normalized spacial score (nSPS) is 32.1. The Balaban J connectivity index is 1.36. The Morgan fingerprint density at radius 2 is 2.10 bits per heavy atom. The second-order valence-electron chi connectivity index (χ2n) is 12.0. The highest BCUT2D eigenvalue weighted by molar-refractivity contribution is 5.77. The van der Waals surface area contributed by atoms with Crippen LogP contribution in [0.15, 0.2) is 43.0 Å². The fraction of sp³-hybridized carbons (Fsp3) is 0.500. The maximum atomic E-state index is 13.6. The third kappa shape index (κ3) is 3.51. The number of likely N-dealkylation sites (N-methyl/N-ethyl adjacent to an activating group) is 1. The molecule has 6 rings (SSSR count). The van der Waals surface area contributed by atoms with E-state index >= 15 is 0 Å². The van der Waals surface area contributed by atoms with E-state index in [-0.39, 0.29) is 23.7 Å². The molecule has 2 aliphatic heterocycles. The van der Waals surface area contributed by atoms with Crippen LogP contribution in [0.1, 0.15) is 53.5 Å². The highest BCUT2D eigenvalue weighted by Gasteiger charge is 2.74. The molecule has 2 heterocycles. The van der Waals surface area contributed by atoms with Crippen molar-refractivity contribution in [1.82, 2.24) is 9.80 Å². The summed E-state index contributed by atoms with van der Waals surface area (Å²) in [6.45, 7) is 8.58. The lowest BCUT2D eigenvalue weighted by Gasteiger charge is -2.65. The van der Waals surface area contributed by atoms with Crippen LogP contribution in [0.2, 0.25) is 0 Å². The van der Waals surface area contributed by atoms with E-state index in [0.29, 0.717) is 50.8 Å². The maximum Gasteiger partial charge on any atom is 0.223 e. The molecule has 39 heavy (non-hydrogen) atoms. The standard InChI is InChI=1S/C32H37N3O4/c1-5-14-35-23(18-33)17-31-28-22-9-10-25(36)29(28)39-30(31)24(12-13-32(31,38)26(35)16-22)34(4)27(37)11-8-21-7-6-19(2)20(3)15-21/h5-7,9-10,15,23-24,26,30,36,38H,1,8,11-14,16-17H2,2-4H3/t23?,24?,26-,30?,31+,32-/m1/s1. The molecular formula is C32H37N3O4. The summed E-state index contributed by atoms with van der Waals surface area (Å²) >= 11 is 0. The molecule has 7 nitrogen and oxygen atoms in total. The highest BCUT2D eigenvalue weighted by Crippen LogP contribution is 2.66. The largest absolute Gasteiger partial charge is 0.504 e. The van der Waals surface area contributed by atoms with E-state index in [0.717, 1.165) is 16.7 Å². The summed E-state index contributed by atoms with van der Waals surface area (Å²) in [5.41, 5.74) is 3.42. The molecule has 1 saturated carbocycles. The summed E-state index contributed by atoms with van der Waals surface area (Å²) < 4.78 is 6.59. The molecule has 2 aliphatic carbocycles. The summed E-state index contributed by atoms with van der Waals surface area (Å²) in [6, 6.07) is 11.4. The number of aromatic hydroxyl groups is 1. The number of amides is 1. The van der Waals surface area contributed by atoms with Gasteiger partial charge < -0.3 is 19.8 Å². The monoisotopic (exact) mass is 527 g/mol. The zero-order valence-electron chi connectivity index (χ0n) is 23.0. The van der Waals surface area contributed by atoms with Gasteiger partial charge >= 0.3 is 0 Å². The fourth-order valence-electron chi connectivity index (χ4n) is 8.13. The van der Waals surface area contributed by atoms with Crippen molar-refractivity contribution in [3.05, 3.63) is 70.8 Å². The number of nitrogens with zero attached hydrogens (tertiary/aromatic N) is 3. The average molecular weight is 528 g/mol. The molecular weight excluding hydrogens is 490 g/mol. The first-order valence-corrected chi connectivity index (χ1v) is 14.0. The number of hydrogen-bond acceptors (Lipinski definition) is 6. The number of phenolic OH excluding ortho intramolecular Hbond substituents is 1. The highest BCUT2D eigenvalue weighted by atomic mass is 16.5. The Kier molecular flexibility index (Phi) is 6.05. The Labute approximate surface area is 230 Å². The molecule has 2 fully saturated rings. The molecule has 1 amide bonds. The maximum absolute atomic E-state index is 13.6. The number of nitriles is 1. The number of piperidine rings is 1. The lowest BCUT2D eigenvalue weighted by atomic mass is 9.47. The van der Waals surface area contributed by atoms with E-state index < -0.39 is 23.2 Å². The zero-order valence-corrected chi connectivity index (χ0v) is 23.0. The third-order valence-corrected chi connectivity index (χ3v) is 10.2. The van der Waals surface area contributed by atoms with Gasteiger partial charge in [-0.1, -0.05) is 30.3 Å². The van der Waals surface area contributed by atoms with E-state index in [1.807, 2.05) is 13.1 Å². The first kappa shape index (κ1) is 25.9. The van der Waals surface area contributed by atoms with Gasteiger partial charge in [0, 0.05) is 31.6 Å². The van der Waals surface area contributed by atoms with Gasteiger partial charge in [-0.3, -0.25) is 9.69 Å². The first-order valence-electron chi connectivity index (χ1n) is 14.0. The van der Waals surface area contributed by atoms with Gasteiger partial charge in [0.15, 0.2) is 11.5 Å². The van der Waals surface area contributed by atoms with Crippen molar-refractivity contribution in [2.75, 3.05) is 13.6 Å². The molecule has 2 aromatic rings. The van der Waals surface area contributed by atoms with E-state index in [4.69, 9.17) is 4.74 Å². The third-order valence-electron chi connectivity index (χ3n) is 10.2. The summed E-state index contributed by atoms with van der Waals surface area (Å²) in [7, 11) is 1.83. The van der Waals surface area contributed by atoms with Crippen LogP contribution in [-0.4, -0.2) is 69.3 Å². The van der Waals surface area contributed by atoms with Crippen LogP contribution >= 0.6 is 0 Å². The van der Waals surface area contributed by atoms with Crippen LogP contribution in [0, 0.1) is 25.2 Å². The predicted molar refractivity (Wildman–Crippen MR) is 148 cm³/mol. The Bertz CT molecular complexity index is 1400. The molecule has 7 heteroatoms. The molecule has 2 N–H and O–H groups in total. The van der Waals surface area contributed by atoms with E-state index in [9.17, 15) is 20.3 Å². The molecule has 0 radical (unpaired) electrons. The topological polar surface area (TPSA) is 97.0 Å². The summed E-state index contributed by atoms with van der Waals surface area (Å²) in [5.74, 6) is 0.478. The summed E-state index contributed by atoms with van der Waals surface area (Å²) in [5, 5.41) is 33.7. The van der Waals surface area contributed by atoms with Gasteiger partial charge in [-0.25, -0.2) is 0 Å². The second-order valence-corrected chi connectivity index (χ2v) is 12.0. The number of carbonyl (C=O) groups is 1. The van der Waals surface area contributed by atoms with Gasteiger partial charge in [0.1, 0.15) is 6.10 Å². The van der Waals surface area contributed by atoms with Crippen molar-refractivity contribution < 1.29 is 19.7 Å². The van der Waals surface area contributed by atoms with Gasteiger partial charge in [0.2, 0.25) is 5.91 Å². The lowest BCUT2D eigenvalue weighted by Crippen LogP contribution is -2.79.